The highest BCUT2D eigenvalue weighted by molar-refractivity contribution is 5.88. The molecular weight excluding hydrogens is 693 g/mol. The Morgan fingerprint density at radius 2 is 1.87 bits per heavy atom. The molecule has 1 aromatic heterocycles. The van der Waals surface area contributed by atoms with Crippen LogP contribution in [0.4, 0.5) is 5.69 Å². The van der Waals surface area contributed by atoms with E-state index in [4.69, 9.17) is 14.2 Å². The van der Waals surface area contributed by atoms with E-state index in [1.165, 1.54) is 36.3 Å². The van der Waals surface area contributed by atoms with Crippen molar-refractivity contribution in [3.63, 3.8) is 0 Å². The number of benzene rings is 2. The van der Waals surface area contributed by atoms with E-state index in [0.717, 1.165) is 86.5 Å². The van der Waals surface area contributed by atoms with Gasteiger partial charge in [0.15, 0.2) is 6.10 Å². The van der Waals surface area contributed by atoms with E-state index in [1.54, 1.807) is 7.11 Å². The summed E-state index contributed by atoms with van der Waals surface area (Å²) < 4.78 is 18.1. The first-order valence-electron chi connectivity index (χ1n) is 20.3. The number of nitrogens with zero attached hydrogens (tertiary/aromatic N) is 3. The summed E-state index contributed by atoms with van der Waals surface area (Å²) in [7, 11) is 5.02. The number of H-pyrrole nitrogens is 1. The second kappa shape index (κ2) is 12.7. The van der Waals surface area contributed by atoms with Gasteiger partial charge in [-0.1, -0.05) is 55.8 Å². The van der Waals surface area contributed by atoms with Gasteiger partial charge in [-0.25, -0.2) is 4.79 Å². The Morgan fingerprint density at radius 3 is 2.60 bits per heavy atom. The molecule has 10 heteroatoms. The lowest BCUT2D eigenvalue weighted by molar-refractivity contribution is -0.228. The van der Waals surface area contributed by atoms with E-state index in [9.17, 15) is 14.7 Å². The number of carbonyl (C=O) groups excluding carboxylic acids is 2. The summed E-state index contributed by atoms with van der Waals surface area (Å²) in [5, 5.41) is 14.5. The fraction of sp³-hybridized carbons (Fsp3) is 0.556. The minimum atomic E-state index is -2.18. The fourth-order valence-corrected chi connectivity index (χ4v) is 12.9. The number of aromatic nitrogens is 1. The second-order valence-corrected chi connectivity index (χ2v) is 17.4. The summed E-state index contributed by atoms with van der Waals surface area (Å²) >= 11 is 0. The molecule has 1 aliphatic carbocycles. The van der Waals surface area contributed by atoms with Crippen LogP contribution in [-0.2, 0) is 36.3 Å². The Bertz CT molecular complexity index is 2140. The van der Waals surface area contributed by atoms with Crippen molar-refractivity contribution in [2.45, 2.75) is 94.4 Å². The van der Waals surface area contributed by atoms with E-state index in [-0.39, 0.29) is 6.04 Å². The van der Waals surface area contributed by atoms with Crippen LogP contribution in [0.25, 0.3) is 10.9 Å². The zero-order valence-electron chi connectivity index (χ0n) is 33.4. The van der Waals surface area contributed by atoms with Crippen LogP contribution >= 0.6 is 0 Å². The lowest BCUT2D eigenvalue weighted by Crippen LogP contribution is -2.81. The maximum Gasteiger partial charge on any atom is 0.344 e. The monoisotopic (exact) mass is 748 g/mol. The van der Waals surface area contributed by atoms with E-state index >= 15 is 0 Å². The highest BCUT2D eigenvalue weighted by Gasteiger charge is 2.80. The number of hydrogen-bond donors (Lipinski definition) is 2. The molecule has 2 aromatic carbocycles. The second-order valence-electron chi connectivity index (χ2n) is 17.4. The lowest BCUT2D eigenvalue weighted by atomic mass is 9.47. The van der Waals surface area contributed by atoms with Gasteiger partial charge in [-0.05, 0) is 74.8 Å². The summed E-state index contributed by atoms with van der Waals surface area (Å²) in [6.45, 7) is 12.6. The Balaban J connectivity index is 1.33. The van der Waals surface area contributed by atoms with Crippen LogP contribution < -0.4 is 9.64 Å². The first-order valence-corrected chi connectivity index (χ1v) is 20.3. The van der Waals surface area contributed by atoms with Gasteiger partial charge in [0.2, 0.25) is 5.60 Å². The fourth-order valence-electron chi connectivity index (χ4n) is 12.9. The maximum absolute atomic E-state index is 14.3. The molecule has 2 N–H and O–H groups in total. The maximum atomic E-state index is 14.3. The molecule has 6 aliphatic rings. The number of ether oxygens (including phenoxy) is 3. The molecule has 0 radical (unpaired) electrons. The molecule has 292 valence electrons. The zero-order valence-corrected chi connectivity index (χ0v) is 33.4. The third-order valence-corrected chi connectivity index (χ3v) is 14.9. The number of aliphatic hydroxyl groups is 1. The van der Waals surface area contributed by atoms with Gasteiger partial charge in [0.05, 0.1) is 20.3 Å². The largest absolute Gasteiger partial charge is 0.496 e. The molecule has 1 spiro atoms. The summed E-state index contributed by atoms with van der Waals surface area (Å²) in [5.41, 5.74) is 4.12. The number of para-hydroxylation sites is 1. The normalized spacial score (nSPS) is 36.1. The van der Waals surface area contributed by atoms with Crippen molar-refractivity contribution >= 4 is 28.5 Å². The van der Waals surface area contributed by atoms with Crippen molar-refractivity contribution in [3.05, 3.63) is 82.6 Å². The number of esters is 2. The summed E-state index contributed by atoms with van der Waals surface area (Å²) in [6.07, 6.45) is 9.75. The average Bonchev–Trinajstić information content (AvgIpc) is 3.85. The highest BCUT2D eigenvalue weighted by atomic mass is 16.6. The van der Waals surface area contributed by atoms with Gasteiger partial charge >= 0.3 is 11.9 Å². The zero-order chi connectivity index (χ0) is 38.7. The number of anilines is 1. The molecule has 55 heavy (non-hydrogen) atoms. The van der Waals surface area contributed by atoms with E-state index in [2.05, 4.69) is 95.1 Å². The minimum Gasteiger partial charge on any atom is -0.496 e. The number of fused-ring (bicyclic) bond motifs is 6. The molecule has 5 aliphatic heterocycles. The number of carbonyl (C=O) groups is 2. The van der Waals surface area contributed by atoms with Gasteiger partial charge in [-0.2, -0.15) is 0 Å². The molecular formula is C45H56N4O6. The van der Waals surface area contributed by atoms with E-state index < -0.39 is 45.9 Å². The van der Waals surface area contributed by atoms with Crippen LogP contribution in [-0.4, -0.2) is 110 Å². The van der Waals surface area contributed by atoms with Gasteiger partial charge in [0.25, 0.3) is 0 Å². The Morgan fingerprint density at radius 1 is 1.07 bits per heavy atom. The molecule has 1 saturated heterocycles. The summed E-state index contributed by atoms with van der Waals surface area (Å²) in [5.74, 6) is -0.218. The number of likely N-dealkylation sites (N-methyl/N-ethyl adjacent to an activating group) is 1. The Labute approximate surface area is 324 Å². The van der Waals surface area contributed by atoms with Gasteiger partial charge in [-0.15, -0.1) is 0 Å². The molecule has 1 saturated carbocycles. The predicted molar refractivity (Wildman–Crippen MR) is 213 cm³/mol. The van der Waals surface area contributed by atoms with Crippen molar-refractivity contribution in [2.24, 2.45) is 11.3 Å². The van der Waals surface area contributed by atoms with Crippen LogP contribution in [0.15, 0.2) is 60.2 Å². The van der Waals surface area contributed by atoms with Crippen LogP contribution in [0.3, 0.4) is 0 Å². The van der Waals surface area contributed by atoms with E-state index in [0.29, 0.717) is 12.3 Å². The smallest absolute Gasteiger partial charge is 0.344 e. The van der Waals surface area contributed by atoms with Gasteiger partial charge in [0, 0.05) is 96.4 Å². The topological polar surface area (TPSA) is 108 Å². The average molecular weight is 749 g/mol. The highest BCUT2D eigenvalue weighted by Crippen LogP contribution is 2.68. The molecule has 0 amide bonds. The first-order chi connectivity index (χ1) is 26.4. The van der Waals surface area contributed by atoms with Crippen molar-refractivity contribution in [1.29, 1.82) is 0 Å². The number of nitrogens with one attached hydrogen (secondary N) is 1. The number of aromatic amines is 1. The quantitative estimate of drug-likeness (QED) is 0.245. The number of hydrogen-bond acceptors (Lipinski definition) is 9. The standard InChI is InChI=1S/C45H56N4O6/c1-8-28-21-29-24-42(4,37-31(15-19-48(25-28)26-29)30-13-10-11-14-34(30)46-37)33-22-32-35(23-36(33)53-6)47(5)39-44(32)17-20-49-18-12-16-43(9-2,38(44)49)40(55-27(3)50)45(39,52)41(51)54-7/h10-14,16,21-23,29,38-40,46,52H,8-9,15,17-20,24-26H2,1-7H3/t29-,38-,39?,40+,42+,43+,44+,45?/m0/s1. The van der Waals surface area contributed by atoms with Crippen LogP contribution in [0.2, 0.25) is 0 Å². The third kappa shape index (κ3) is 4.77. The molecule has 2 bridgehead atoms. The SMILES string of the molecule is CCC1=C[C@@H]2CN(CCc3c([nH]c4ccccc34)[C@@](C)(c3cc4c(cc3OC)N(C)C3C(O)(C(=O)OC)[C@H](OC(C)=O)[C@]5(CC)C=CCN6CC[C@]43[C@@H]65)C2)C1. The van der Waals surface area contributed by atoms with Gasteiger partial charge in [-0.3, -0.25) is 14.6 Å². The molecule has 2 fully saturated rings. The van der Waals surface area contributed by atoms with Crippen molar-refractivity contribution in [3.8, 4) is 5.75 Å². The number of rotatable bonds is 6. The molecule has 3 aromatic rings. The van der Waals surface area contributed by atoms with Crippen LogP contribution in [0, 0.1) is 11.3 Å². The van der Waals surface area contributed by atoms with Gasteiger partial charge < -0.3 is 29.2 Å². The van der Waals surface area contributed by atoms with Crippen LogP contribution in [0.5, 0.6) is 5.75 Å². The predicted octanol–water partition coefficient (Wildman–Crippen LogP) is 5.64. The summed E-state index contributed by atoms with van der Waals surface area (Å²) in [4.78, 5) is 38.4. The Hall–Kier alpha value is -4.12. The molecule has 3 unspecified atom stereocenters. The minimum absolute atomic E-state index is 0.154. The molecule has 10 nitrogen and oxygen atoms in total. The summed E-state index contributed by atoms with van der Waals surface area (Å²) in [6, 6.07) is 12.3. The van der Waals surface area contributed by atoms with Crippen molar-refractivity contribution in [2.75, 3.05) is 58.9 Å². The number of methoxy groups -OCH3 is 2. The van der Waals surface area contributed by atoms with Crippen molar-refractivity contribution in [1.82, 2.24) is 14.8 Å². The van der Waals surface area contributed by atoms with E-state index in [1.807, 2.05) is 7.05 Å². The Kier molecular flexibility index (Phi) is 8.43. The molecule has 9 rings (SSSR count). The lowest BCUT2D eigenvalue weighted by Gasteiger charge is -2.63. The third-order valence-electron chi connectivity index (χ3n) is 14.9. The molecule has 9 atom stereocenters. The van der Waals surface area contributed by atoms with Crippen molar-refractivity contribution < 1.29 is 28.9 Å². The van der Waals surface area contributed by atoms with Crippen LogP contribution in [0.1, 0.15) is 75.8 Å². The molecule has 6 heterocycles. The van der Waals surface area contributed by atoms with Gasteiger partial charge in [0.1, 0.15) is 5.75 Å². The first kappa shape index (κ1) is 36.5.